The fraction of sp³-hybridized carbons (Fsp3) is 0.467. The van der Waals surface area contributed by atoms with Gasteiger partial charge in [-0.3, -0.25) is 9.59 Å². The van der Waals surface area contributed by atoms with E-state index in [0.29, 0.717) is 12.8 Å². The molecule has 1 aromatic carbocycles. The molecule has 122 valence electrons. The van der Waals surface area contributed by atoms with Gasteiger partial charge in [-0.1, -0.05) is 29.8 Å². The number of rotatable bonds is 7. The van der Waals surface area contributed by atoms with Crippen LogP contribution in [-0.2, 0) is 16.0 Å². The van der Waals surface area contributed by atoms with Crippen molar-refractivity contribution in [3.63, 3.8) is 0 Å². The third-order valence-electron chi connectivity index (χ3n) is 2.98. The highest BCUT2D eigenvalue weighted by molar-refractivity contribution is 5.81. The first-order chi connectivity index (χ1) is 10.3. The number of halogens is 3. The van der Waals surface area contributed by atoms with Gasteiger partial charge in [-0.2, -0.15) is 13.2 Å². The Morgan fingerprint density at radius 1 is 1.05 bits per heavy atom. The quantitative estimate of drug-likeness (QED) is 0.757. The van der Waals surface area contributed by atoms with Crippen molar-refractivity contribution in [1.82, 2.24) is 10.6 Å². The molecular weight excluding hydrogens is 297 g/mol. The molecule has 1 rings (SSSR count). The van der Waals surface area contributed by atoms with Gasteiger partial charge in [-0.25, -0.2) is 0 Å². The summed E-state index contributed by atoms with van der Waals surface area (Å²) in [4.78, 5) is 22.1. The number of aryl methyl sites for hydroxylation is 2. The Morgan fingerprint density at radius 3 is 2.23 bits per heavy atom. The first-order valence-electron chi connectivity index (χ1n) is 6.96. The van der Waals surface area contributed by atoms with Crippen LogP contribution in [0.2, 0.25) is 0 Å². The Balaban J connectivity index is 2.11. The zero-order valence-electron chi connectivity index (χ0n) is 12.3. The van der Waals surface area contributed by atoms with Gasteiger partial charge in [0.15, 0.2) is 0 Å². The average molecular weight is 316 g/mol. The Labute approximate surface area is 127 Å². The summed E-state index contributed by atoms with van der Waals surface area (Å²) in [7, 11) is 0. The first kappa shape index (κ1) is 18.0. The van der Waals surface area contributed by atoms with Gasteiger partial charge in [0.25, 0.3) is 0 Å². The second-order valence-corrected chi connectivity index (χ2v) is 4.94. The molecule has 0 radical (unpaired) electrons. The fourth-order valence-corrected chi connectivity index (χ4v) is 1.72. The number of alkyl halides is 3. The van der Waals surface area contributed by atoms with Gasteiger partial charge < -0.3 is 10.6 Å². The van der Waals surface area contributed by atoms with E-state index >= 15 is 0 Å². The number of carbonyl (C=O) groups excluding carboxylic acids is 2. The molecule has 0 bridgehead atoms. The van der Waals surface area contributed by atoms with Crippen LogP contribution in [0.15, 0.2) is 24.3 Å². The van der Waals surface area contributed by atoms with Gasteiger partial charge in [0.05, 0.1) is 0 Å². The summed E-state index contributed by atoms with van der Waals surface area (Å²) >= 11 is 0. The van der Waals surface area contributed by atoms with Crippen LogP contribution in [0, 0.1) is 6.92 Å². The molecule has 0 atom stereocenters. The van der Waals surface area contributed by atoms with E-state index in [4.69, 9.17) is 0 Å². The van der Waals surface area contributed by atoms with E-state index in [1.165, 1.54) is 0 Å². The van der Waals surface area contributed by atoms with Crippen molar-refractivity contribution in [2.45, 2.75) is 32.4 Å². The van der Waals surface area contributed by atoms with E-state index in [9.17, 15) is 22.8 Å². The third kappa shape index (κ3) is 7.10. The smallest absolute Gasteiger partial charge is 0.356 e. The molecule has 0 spiro atoms. The second-order valence-electron chi connectivity index (χ2n) is 4.94. The maximum absolute atomic E-state index is 11.9. The van der Waals surface area contributed by atoms with Crippen LogP contribution in [0.1, 0.15) is 24.0 Å². The molecule has 0 heterocycles. The minimum atomic E-state index is -4.86. The lowest BCUT2D eigenvalue weighted by molar-refractivity contribution is -0.173. The highest BCUT2D eigenvalue weighted by atomic mass is 19.4. The second kappa shape index (κ2) is 8.41. The molecule has 0 aromatic heterocycles. The zero-order chi connectivity index (χ0) is 16.6. The maximum Gasteiger partial charge on any atom is 0.471 e. The van der Waals surface area contributed by atoms with E-state index in [2.05, 4.69) is 5.32 Å². The fourth-order valence-electron chi connectivity index (χ4n) is 1.72. The SMILES string of the molecule is Cc1ccc(CCC(=O)NCCCNC(=O)C(F)(F)F)cc1. The summed E-state index contributed by atoms with van der Waals surface area (Å²) in [6.45, 7) is 2.08. The molecule has 1 aromatic rings. The molecule has 22 heavy (non-hydrogen) atoms. The molecule has 0 saturated heterocycles. The van der Waals surface area contributed by atoms with Gasteiger partial charge in [0.2, 0.25) is 5.91 Å². The molecule has 0 unspecified atom stereocenters. The van der Waals surface area contributed by atoms with E-state index in [1.54, 1.807) is 5.32 Å². The molecule has 0 saturated carbocycles. The van der Waals surface area contributed by atoms with Crippen LogP contribution in [-0.4, -0.2) is 31.1 Å². The van der Waals surface area contributed by atoms with Crippen LogP contribution in [0.4, 0.5) is 13.2 Å². The van der Waals surface area contributed by atoms with Gasteiger partial charge >= 0.3 is 12.1 Å². The van der Waals surface area contributed by atoms with Crippen molar-refractivity contribution in [3.8, 4) is 0 Å². The lowest BCUT2D eigenvalue weighted by Crippen LogP contribution is -2.38. The summed E-state index contributed by atoms with van der Waals surface area (Å²) in [5.74, 6) is -2.12. The average Bonchev–Trinajstić information content (AvgIpc) is 2.45. The zero-order valence-corrected chi connectivity index (χ0v) is 12.3. The third-order valence-corrected chi connectivity index (χ3v) is 2.98. The van der Waals surface area contributed by atoms with Crippen molar-refractivity contribution in [2.75, 3.05) is 13.1 Å². The number of carbonyl (C=O) groups is 2. The predicted molar refractivity (Wildman–Crippen MR) is 76.2 cm³/mol. The minimum Gasteiger partial charge on any atom is -0.356 e. The van der Waals surface area contributed by atoms with Crippen LogP contribution in [0.5, 0.6) is 0 Å². The summed E-state index contributed by atoms with van der Waals surface area (Å²) in [5.41, 5.74) is 2.20. The molecule has 4 nitrogen and oxygen atoms in total. The lowest BCUT2D eigenvalue weighted by Gasteiger charge is -2.08. The summed E-state index contributed by atoms with van der Waals surface area (Å²) in [6, 6.07) is 7.84. The Morgan fingerprint density at radius 2 is 1.64 bits per heavy atom. The predicted octanol–water partition coefficient (Wildman–Crippen LogP) is 2.11. The number of hydrogen-bond acceptors (Lipinski definition) is 2. The molecular formula is C15H19F3N2O2. The van der Waals surface area contributed by atoms with E-state index in [1.807, 2.05) is 31.2 Å². The molecule has 2 amide bonds. The lowest BCUT2D eigenvalue weighted by atomic mass is 10.1. The number of nitrogens with one attached hydrogen (secondary N) is 2. The largest absolute Gasteiger partial charge is 0.471 e. The highest BCUT2D eigenvalue weighted by Gasteiger charge is 2.38. The van der Waals surface area contributed by atoms with Crippen molar-refractivity contribution >= 4 is 11.8 Å². The summed E-state index contributed by atoms with van der Waals surface area (Å²) in [6.07, 6.45) is -3.69. The first-order valence-corrected chi connectivity index (χ1v) is 6.96. The van der Waals surface area contributed by atoms with E-state index < -0.39 is 12.1 Å². The number of hydrogen-bond donors (Lipinski definition) is 2. The Hall–Kier alpha value is -2.05. The molecule has 0 aliphatic carbocycles. The minimum absolute atomic E-state index is 0.128. The van der Waals surface area contributed by atoms with Gasteiger partial charge in [-0.15, -0.1) is 0 Å². The van der Waals surface area contributed by atoms with Crippen LogP contribution in [0.3, 0.4) is 0 Å². The van der Waals surface area contributed by atoms with E-state index in [-0.39, 0.29) is 25.4 Å². The van der Waals surface area contributed by atoms with Crippen LogP contribution >= 0.6 is 0 Å². The molecule has 2 N–H and O–H groups in total. The van der Waals surface area contributed by atoms with Crippen LogP contribution < -0.4 is 10.6 Å². The Bertz CT molecular complexity index is 499. The summed E-state index contributed by atoms with van der Waals surface area (Å²) < 4.78 is 35.7. The number of amides is 2. The topological polar surface area (TPSA) is 58.2 Å². The van der Waals surface area contributed by atoms with Gasteiger partial charge in [0, 0.05) is 19.5 Å². The van der Waals surface area contributed by atoms with Gasteiger partial charge in [-0.05, 0) is 25.3 Å². The monoisotopic (exact) mass is 316 g/mol. The van der Waals surface area contributed by atoms with Crippen molar-refractivity contribution in [3.05, 3.63) is 35.4 Å². The van der Waals surface area contributed by atoms with Crippen molar-refractivity contribution in [1.29, 1.82) is 0 Å². The Kier molecular flexibility index (Phi) is 6.88. The van der Waals surface area contributed by atoms with Crippen molar-refractivity contribution < 1.29 is 22.8 Å². The maximum atomic E-state index is 11.9. The standard InChI is InChI=1S/C15H19F3N2O2/c1-11-3-5-12(6-4-11)7-8-13(21)19-9-2-10-20-14(22)15(16,17)18/h3-6H,2,7-10H2,1H3,(H,19,21)(H,20,22). The van der Waals surface area contributed by atoms with Crippen LogP contribution in [0.25, 0.3) is 0 Å². The highest BCUT2D eigenvalue weighted by Crippen LogP contribution is 2.13. The normalized spacial score (nSPS) is 11.1. The van der Waals surface area contributed by atoms with Gasteiger partial charge in [0.1, 0.15) is 0 Å². The molecule has 0 aliphatic heterocycles. The molecule has 7 heteroatoms. The summed E-state index contributed by atoms with van der Waals surface area (Å²) in [5, 5.41) is 4.35. The molecule has 0 aliphatic rings. The molecule has 0 fully saturated rings. The number of benzene rings is 1. The van der Waals surface area contributed by atoms with Crippen molar-refractivity contribution in [2.24, 2.45) is 0 Å². The van der Waals surface area contributed by atoms with E-state index in [0.717, 1.165) is 11.1 Å².